The second kappa shape index (κ2) is 5.60. The number of hydrogen-bond acceptors (Lipinski definition) is 3. The third kappa shape index (κ3) is 2.80. The molecule has 1 aromatic heterocycles. The highest BCUT2D eigenvalue weighted by atomic mass is 19.1. The van der Waals surface area contributed by atoms with Crippen molar-refractivity contribution in [2.24, 2.45) is 0 Å². The van der Waals surface area contributed by atoms with E-state index in [1.165, 1.54) is 30.3 Å². The summed E-state index contributed by atoms with van der Waals surface area (Å²) in [6.45, 7) is 1.60. The Morgan fingerprint density at radius 2 is 1.78 bits per heavy atom. The molecule has 0 aliphatic heterocycles. The fourth-order valence-corrected chi connectivity index (χ4v) is 2.21. The number of fused-ring (bicyclic) bond motifs is 1. The number of H-pyrrole nitrogens is 1. The van der Waals surface area contributed by atoms with Gasteiger partial charge < -0.3 is 5.32 Å². The van der Waals surface area contributed by atoms with E-state index >= 15 is 0 Å². The zero-order valence-corrected chi connectivity index (χ0v) is 12.0. The standard InChI is InChI=1S/C16H11F2N3O2/c1-8-2-3-9(17)6-12(8)14(22)16(23)19-15-11-5-4-10(18)7-13(11)20-21-15/h2-7H,1H3,(H2,19,20,21,23). The monoisotopic (exact) mass is 315 g/mol. The molecule has 2 aromatic carbocycles. The quantitative estimate of drug-likeness (QED) is 0.576. The molecule has 23 heavy (non-hydrogen) atoms. The van der Waals surface area contributed by atoms with E-state index in [2.05, 4.69) is 15.5 Å². The maximum atomic E-state index is 13.3. The topological polar surface area (TPSA) is 74.8 Å². The maximum Gasteiger partial charge on any atom is 0.297 e. The normalized spacial score (nSPS) is 10.7. The summed E-state index contributed by atoms with van der Waals surface area (Å²) in [6.07, 6.45) is 0. The Morgan fingerprint density at radius 3 is 2.57 bits per heavy atom. The van der Waals surface area contributed by atoms with Crippen LogP contribution in [-0.4, -0.2) is 21.9 Å². The number of ketones is 1. The number of halogens is 2. The van der Waals surface area contributed by atoms with Gasteiger partial charge in [-0.25, -0.2) is 8.78 Å². The Morgan fingerprint density at radius 1 is 1.09 bits per heavy atom. The van der Waals surface area contributed by atoms with E-state index in [4.69, 9.17) is 0 Å². The summed E-state index contributed by atoms with van der Waals surface area (Å²) in [6, 6.07) is 7.50. The van der Waals surface area contributed by atoms with E-state index in [1.54, 1.807) is 6.92 Å². The number of rotatable bonds is 3. The van der Waals surface area contributed by atoms with Crippen LogP contribution in [0.15, 0.2) is 36.4 Å². The van der Waals surface area contributed by atoms with Gasteiger partial charge in [-0.2, -0.15) is 5.10 Å². The van der Waals surface area contributed by atoms with Gasteiger partial charge in [0.05, 0.1) is 5.52 Å². The first kappa shape index (κ1) is 14.8. The van der Waals surface area contributed by atoms with Gasteiger partial charge in [-0.3, -0.25) is 14.7 Å². The van der Waals surface area contributed by atoms with Crippen LogP contribution < -0.4 is 5.32 Å². The molecule has 0 spiro atoms. The van der Waals surface area contributed by atoms with Crippen LogP contribution in [-0.2, 0) is 4.79 Å². The summed E-state index contributed by atoms with van der Waals surface area (Å²) in [5.74, 6) is -2.78. The molecule has 5 nitrogen and oxygen atoms in total. The van der Waals surface area contributed by atoms with Crippen molar-refractivity contribution in [1.82, 2.24) is 10.2 Å². The Hall–Kier alpha value is -3.09. The number of carbonyl (C=O) groups is 2. The van der Waals surface area contributed by atoms with Crippen LogP contribution in [0.1, 0.15) is 15.9 Å². The molecule has 0 radical (unpaired) electrons. The van der Waals surface area contributed by atoms with E-state index < -0.39 is 23.3 Å². The Labute approximate surface area is 129 Å². The first-order chi connectivity index (χ1) is 11.0. The van der Waals surface area contributed by atoms with Gasteiger partial charge in [0.1, 0.15) is 11.6 Å². The van der Waals surface area contributed by atoms with Crippen LogP contribution in [0.4, 0.5) is 14.6 Å². The molecular formula is C16H11F2N3O2. The van der Waals surface area contributed by atoms with Gasteiger partial charge in [0.2, 0.25) is 0 Å². The van der Waals surface area contributed by atoms with E-state index in [-0.39, 0.29) is 11.4 Å². The summed E-state index contributed by atoms with van der Waals surface area (Å²) in [7, 11) is 0. The number of aromatic amines is 1. The summed E-state index contributed by atoms with van der Waals surface area (Å²) < 4.78 is 26.4. The Bertz CT molecular complexity index is 934. The summed E-state index contributed by atoms with van der Waals surface area (Å²) in [5.41, 5.74) is 0.851. The number of Topliss-reactive ketones (excluding diaryl/α,β-unsaturated/α-hetero) is 1. The Balaban J connectivity index is 1.88. The zero-order chi connectivity index (χ0) is 16.6. The lowest BCUT2D eigenvalue weighted by atomic mass is 10.0. The Kier molecular flexibility index (Phi) is 3.61. The smallest absolute Gasteiger partial charge is 0.297 e. The number of nitrogens with one attached hydrogen (secondary N) is 2. The van der Waals surface area contributed by atoms with Gasteiger partial charge in [-0.05, 0) is 42.8 Å². The molecule has 3 rings (SSSR count). The van der Waals surface area contributed by atoms with Gasteiger partial charge >= 0.3 is 0 Å². The minimum absolute atomic E-state index is 0.0200. The highest BCUT2D eigenvalue weighted by Gasteiger charge is 2.20. The number of anilines is 1. The average Bonchev–Trinajstić information content (AvgIpc) is 2.91. The van der Waals surface area contributed by atoms with Gasteiger partial charge in [-0.1, -0.05) is 6.07 Å². The van der Waals surface area contributed by atoms with Crippen LogP contribution in [0, 0.1) is 18.6 Å². The summed E-state index contributed by atoms with van der Waals surface area (Å²) in [5, 5.41) is 9.22. The lowest BCUT2D eigenvalue weighted by Crippen LogP contribution is -2.24. The molecule has 0 fully saturated rings. The van der Waals surface area contributed by atoms with E-state index in [0.29, 0.717) is 16.5 Å². The van der Waals surface area contributed by atoms with Crippen molar-refractivity contribution in [3.8, 4) is 0 Å². The molecule has 0 saturated carbocycles. The van der Waals surface area contributed by atoms with Gasteiger partial charge in [0, 0.05) is 10.9 Å². The molecular weight excluding hydrogens is 304 g/mol. The van der Waals surface area contributed by atoms with Crippen LogP contribution in [0.5, 0.6) is 0 Å². The predicted molar refractivity (Wildman–Crippen MR) is 80.1 cm³/mol. The molecule has 0 unspecified atom stereocenters. The molecule has 116 valence electrons. The van der Waals surface area contributed by atoms with Crippen LogP contribution >= 0.6 is 0 Å². The SMILES string of the molecule is Cc1ccc(F)cc1C(=O)C(=O)Nc1n[nH]c2cc(F)ccc12. The first-order valence-electron chi connectivity index (χ1n) is 6.71. The molecule has 0 aliphatic rings. The minimum atomic E-state index is -0.948. The highest BCUT2D eigenvalue weighted by Crippen LogP contribution is 2.21. The zero-order valence-electron chi connectivity index (χ0n) is 12.0. The van der Waals surface area contributed by atoms with Gasteiger partial charge in [-0.15, -0.1) is 0 Å². The van der Waals surface area contributed by atoms with Crippen molar-refractivity contribution in [3.05, 3.63) is 59.2 Å². The fraction of sp³-hybridized carbons (Fsp3) is 0.0625. The number of benzene rings is 2. The third-order valence-electron chi connectivity index (χ3n) is 3.41. The minimum Gasteiger partial charge on any atom is -0.302 e. The van der Waals surface area contributed by atoms with Crippen molar-refractivity contribution >= 4 is 28.4 Å². The lowest BCUT2D eigenvalue weighted by molar-refractivity contribution is -0.112. The second-order valence-electron chi connectivity index (χ2n) is 5.00. The van der Waals surface area contributed by atoms with Crippen LogP contribution in [0.25, 0.3) is 10.9 Å². The summed E-state index contributed by atoms with van der Waals surface area (Å²) >= 11 is 0. The van der Waals surface area contributed by atoms with Crippen molar-refractivity contribution in [3.63, 3.8) is 0 Å². The van der Waals surface area contributed by atoms with Crippen LogP contribution in [0.2, 0.25) is 0 Å². The molecule has 1 amide bonds. The number of aryl methyl sites for hydroxylation is 1. The number of carbonyl (C=O) groups excluding carboxylic acids is 2. The van der Waals surface area contributed by atoms with E-state index in [9.17, 15) is 18.4 Å². The van der Waals surface area contributed by atoms with Gasteiger partial charge in [0.25, 0.3) is 11.7 Å². The number of nitrogens with zero attached hydrogens (tertiary/aromatic N) is 1. The lowest BCUT2D eigenvalue weighted by Gasteiger charge is -2.05. The number of hydrogen-bond donors (Lipinski definition) is 2. The third-order valence-corrected chi connectivity index (χ3v) is 3.41. The molecule has 7 heteroatoms. The average molecular weight is 315 g/mol. The number of aromatic nitrogens is 2. The van der Waals surface area contributed by atoms with E-state index in [0.717, 1.165) is 6.07 Å². The molecule has 0 saturated heterocycles. The molecule has 0 atom stereocenters. The highest BCUT2D eigenvalue weighted by molar-refractivity contribution is 6.47. The number of amides is 1. The van der Waals surface area contributed by atoms with Crippen molar-refractivity contribution in [2.75, 3.05) is 5.32 Å². The van der Waals surface area contributed by atoms with Crippen molar-refractivity contribution in [2.45, 2.75) is 6.92 Å². The van der Waals surface area contributed by atoms with Crippen molar-refractivity contribution in [1.29, 1.82) is 0 Å². The molecule has 3 aromatic rings. The fourth-order valence-electron chi connectivity index (χ4n) is 2.21. The second-order valence-corrected chi connectivity index (χ2v) is 5.00. The first-order valence-corrected chi connectivity index (χ1v) is 6.71. The largest absolute Gasteiger partial charge is 0.302 e. The molecule has 0 bridgehead atoms. The molecule has 0 aliphatic carbocycles. The maximum absolute atomic E-state index is 13.3. The predicted octanol–water partition coefficient (Wildman–Crippen LogP) is 2.97. The van der Waals surface area contributed by atoms with Gasteiger partial charge in [0.15, 0.2) is 5.82 Å². The molecule has 2 N–H and O–H groups in total. The summed E-state index contributed by atoms with van der Waals surface area (Å²) in [4.78, 5) is 24.2. The van der Waals surface area contributed by atoms with Crippen LogP contribution in [0.3, 0.4) is 0 Å². The van der Waals surface area contributed by atoms with E-state index in [1.807, 2.05) is 0 Å². The van der Waals surface area contributed by atoms with Crippen molar-refractivity contribution < 1.29 is 18.4 Å². The molecule has 1 heterocycles.